The van der Waals surface area contributed by atoms with Crippen LogP contribution in [-0.4, -0.2) is 62.7 Å². The fraction of sp³-hybridized carbons (Fsp3) is 0.812. The first kappa shape index (κ1) is 27.6. The van der Waals surface area contributed by atoms with Crippen molar-refractivity contribution in [2.45, 2.75) is 109 Å². The molecule has 5 fully saturated rings. The van der Waals surface area contributed by atoms with Crippen molar-refractivity contribution >= 4 is 12.3 Å². The summed E-state index contributed by atoms with van der Waals surface area (Å²) in [5.74, 6) is -0.919. The van der Waals surface area contributed by atoms with Gasteiger partial charge in [-0.25, -0.2) is 0 Å². The first-order valence-electron chi connectivity index (χ1n) is 15.1. The standard InChI is InChI=1S/C32H46O7/c1-16(2)18-6-8-20(25(18)39-17(3)34)19-7-9-21-22(19)14-30(15-33)24-11-13-32(30,26(21)35)28(37)31(24)12-10-23(27(31)36)29(4,5)38/h14-15,18-21,23-28,35-38H,1,6-13H2,2-5H3/t18-,19-,20+,21-,23-,24+,25+,26+,27+,28+,30+,31-,32-/m0/s1. The van der Waals surface area contributed by atoms with Gasteiger partial charge in [0.2, 0.25) is 0 Å². The van der Waals surface area contributed by atoms with E-state index in [1.165, 1.54) is 6.92 Å². The Labute approximate surface area is 231 Å². The Morgan fingerprint density at radius 3 is 2.31 bits per heavy atom. The van der Waals surface area contributed by atoms with Crippen LogP contribution in [0.5, 0.6) is 0 Å². The third kappa shape index (κ3) is 3.25. The molecule has 0 aromatic heterocycles. The summed E-state index contributed by atoms with van der Waals surface area (Å²) in [5, 5.41) is 46.9. The zero-order valence-electron chi connectivity index (χ0n) is 23.8. The third-order valence-electron chi connectivity index (χ3n) is 12.8. The molecule has 5 saturated carbocycles. The zero-order chi connectivity index (χ0) is 28.3. The van der Waals surface area contributed by atoms with Crippen LogP contribution in [0.3, 0.4) is 0 Å². The van der Waals surface area contributed by atoms with Crippen LogP contribution >= 0.6 is 0 Å². The molecule has 7 nitrogen and oxygen atoms in total. The van der Waals surface area contributed by atoms with E-state index in [4.69, 9.17) is 4.74 Å². The molecule has 216 valence electrons. The van der Waals surface area contributed by atoms with Crippen LogP contribution in [-0.2, 0) is 14.3 Å². The van der Waals surface area contributed by atoms with Crippen molar-refractivity contribution in [3.8, 4) is 0 Å². The van der Waals surface area contributed by atoms with Gasteiger partial charge in [-0.2, -0.15) is 0 Å². The number of esters is 1. The Morgan fingerprint density at radius 1 is 1.03 bits per heavy atom. The zero-order valence-corrected chi connectivity index (χ0v) is 23.8. The Hall–Kier alpha value is -1.54. The van der Waals surface area contributed by atoms with Gasteiger partial charge in [0.1, 0.15) is 12.4 Å². The second-order valence-electron chi connectivity index (χ2n) is 14.6. The topological polar surface area (TPSA) is 124 Å². The van der Waals surface area contributed by atoms with Crippen LogP contribution in [0, 0.1) is 51.8 Å². The molecule has 1 spiro atoms. The summed E-state index contributed by atoms with van der Waals surface area (Å²) in [7, 11) is 0. The van der Waals surface area contributed by atoms with Gasteiger partial charge in [0.15, 0.2) is 0 Å². The quantitative estimate of drug-likeness (QED) is 0.239. The van der Waals surface area contributed by atoms with Gasteiger partial charge in [-0.15, -0.1) is 0 Å². The lowest BCUT2D eigenvalue weighted by Crippen LogP contribution is -2.59. The van der Waals surface area contributed by atoms with E-state index in [9.17, 15) is 30.0 Å². The maximum Gasteiger partial charge on any atom is 0.302 e. The van der Waals surface area contributed by atoms with E-state index in [0.717, 1.165) is 43.1 Å². The number of aliphatic hydroxyl groups excluding tert-OH is 3. The van der Waals surface area contributed by atoms with E-state index in [2.05, 4.69) is 12.7 Å². The molecule has 0 radical (unpaired) electrons. The SMILES string of the molecule is C=C(C)[C@@H]1CC[C@H]([C@@H]2CC[C@H]3C2=C[C@@]2(C=O)[C@H]4CC[C@]2([C@@H]3O)[C@H](O)[C@@]42CC[C@H](C(C)(C)O)[C@H]2O)[C@@H]1OC(C)=O. The summed E-state index contributed by atoms with van der Waals surface area (Å²) >= 11 is 0. The first-order valence-corrected chi connectivity index (χ1v) is 15.1. The number of hydrogen-bond acceptors (Lipinski definition) is 7. The number of allylic oxidation sites excluding steroid dienone is 1. The largest absolute Gasteiger partial charge is 0.462 e. The Bertz CT molecular complexity index is 1110. The molecule has 39 heavy (non-hydrogen) atoms. The predicted octanol–water partition coefficient (Wildman–Crippen LogP) is 3.33. The summed E-state index contributed by atoms with van der Waals surface area (Å²) in [6.45, 7) is 11.0. The summed E-state index contributed by atoms with van der Waals surface area (Å²) in [5.41, 5.74) is -2.07. The fourth-order valence-corrected chi connectivity index (χ4v) is 11.4. The lowest BCUT2D eigenvalue weighted by atomic mass is 9.55. The van der Waals surface area contributed by atoms with Crippen LogP contribution < -0.4 is 0 Å². The molecule has 0 saturated heterocycles. The minimum Gasteiger partial charge on any atom is -0.462 e. The highest BCUT2D eigenvalue weighted by molar-refractivity contribution is 5.71. The lowest BCUT2D eigenvalue weighted by molar-refractivity contribution is -0.170. The molecule has 0 amide bonds. The van der Waals surface area contributed by atoms with Crippen molar-refractivity contribution < 1.29 is 34.8 Å². The van der Waals surface area contributed by atoms with E-state index in [-0.39, 0.29) is 41.7 Å². The number of carbonyl (C=O) groups excluding carboxylic acids is 2. The molecule has 0 aliphatic heterocycles. The van der Waals surface area contributed by atoms with Gasteiger partial charge in [0.25, 0.3) is 0 Å². The molecule has 0 heterocycles. The van der Waals surface area contributed by atoms with Crippen LogP contribution in [0.1, 0.15) is 79.1 Å². The Morgan fingerprint density at radius 2 is 1.72 bits per heavy atom. The smallest absolute Gasteiger partial charge is 0.302 e. The number of ether oxygens (including phenoxy) is 1. The normalized spacial score (nSPS) is 52.1. The van der Waals surface area contributed by atoms with Gasteiger partial charge in [0.05, 0.1) is 29.3 Å². The second-order valence-corrected chi connectivity index (χ2v) is 14.6. The van der Waals surface area contributed by atoms with Gasteiger partial charge < -0.3 is 30.0 Å². The van der Waals surface area contributed by atoms with Crippen LogP contribution in [0.25, 0.3) is 0 Å². The molecule has 13 atom stereocenters. The summed E-state index contributed by atoms with van der Waals surface area (Å²) < 4.78 is 5.90. The molecule has 7 heteroatoms. The van der Waals surface area contributed by atoms with Crippen LogP contribution in [0.4, 0.5) is 0 Å². The van der Waals surface area contributed by atoms with Crippen LogP contribution in [0.15, 0.2) is 23.8 Å². The molecule has 4 N–H and O–H groups in total. The van der Waals surface area contributed by atoms with Crippen molar-refractivity contribution in [3.63, 3.8) is 0 Å². The van der Waals surface area contributed by atoms with Gasteiger partial charge in [-0.1, -0.05) is 23.8 Å². The van der Waals surface area contributed by atoms with Crippen LogP contribution in [0.2, 0.25) is 0 Å². The van der Waals surface area contributed by atoms with Gasteiger partial charge in [0, 0.05) is 41.4 Å². The maximum atomic E-state index is 13.3. The first-order chi connectivity index (χ1) is 18.3. The predicted molar refractivity (Wildman–Crippen MR) is 144 cm³/mol. The number of carbonyl (C=O) groups is 2. The molecule has 0 aromatic carbocycles. The van der Waals surface area contributed by atoms with E-state index < -0.39 is 46.1 Å². The molecule has 6 aliphatic carbocycles. The van der Waals surface area contributed by atoms with E-state index in [0.29, 0.717) is 25.7 Å². The van der Waals surface area contributed by atoms with E-state index >= 15 is 0 Å². The van der Waals surface area contributed by atoms with Crippen molar-refractivity contribution in [1.82, 2.24) is 0 Å². The molecular weight excluding hydrogens is 496 g/mol. The molecule has 2 bridgehead atoms. The lowest BCUT2D eigenvalue weighted by Gasteiger charge is -2.51. The minimum absolute atomic E-state index is 0.0817. The molecule has 0 aromatic rings. The molecular formula is C32H46O7. The minimum atomic E-state index is -1.12. The molecule has 6 rings (SSSR count). The molecule has 0 unspecified atom stereocenters. The van der Waals surface area contributed by atoms with Gasteiger partial charge >= 0.3 is 5.97 Å². The van der Waals surface area contributed by atoms with Crippen molar-refractivity contribution in [3.05, 3.63) is 23.8 Å². The second kappa shape index (κ2) is 8.73. The highest BCUT2D eigenvalue weighted by Gasteiger charge is 2.83. The highest BCUT2D eigenvalue weighted by Crippen LogP contribution is 2.80. The maximum absolute atomic E-state index is 13.3. The number of aldehydes is 1. The summed E-state index contributed by atoms with van der Waals surface area (Å²) in [4.78, 5) is 25.4. The average molecular weight is 543 g/mol. The van der Waals surface area contributed by atoms with Gasteiger partial charge in [-0.05, 0) is 84.0 Å². The Balaban J connectivity index is 1.43. The van der Waals surface area contributed by atoms with Crippen molar-refractivity contribution in [2.24, 2.45) is 51.8 Å². The number of fused-ring (bicyclic) bond motifs is 2. The van der Waals surface area contributed by atoms with E-state index in [1.807, 2.05) is 6.92 Å². The van der Waals surface area contributed by atoms with Crippen molar-refractivity contribution in [2.75, 3.05) is 0 Å². The number of rotatable bonds is 5. The number of hydrogen-bond donors (Lipinski definition) is 4. The monoisotopic (exact) mass is 542 g/mol. The molecule has 6 aliphatic rings. The third-order valence-corrected chi connectivity index (χ3v) is 12.8. The van der Waals surface area contributed by atoms with Crippen molar-refractivity contribution in [1.29, 1.82) is 0 Å². The Kier molecular flexibility index (Phi) is 6.18. The highest BCUT2D eigenvalue weighted by atomic mass is 16.5. The van der Waals surface area contributed by atoms with E-state index in [1.54, 1.807) is 13.8 Å². The number of aliphatic hydroxyl groups is 4. The summed E-state index contributed by atoms with van der Waals surface area (Å²) in [6, 6.07) is 0. The average Bonchev–Trinajstić information content (AvgIpc) is 3.62. The fourth-order valence-electron chi connectivity index (χ4n) is 11.4. The van der Waals surface area contributed by atoms with Gasteiger partial charge in [-0.3, -0.25) is 4.79 Å². The summed E-state index contributed by atoms with van der Waals surface area (Å²) in [6.07, 6.45) is 5.61.